The summed E-state index contributed by atoms with van der Waals surface area (Å²) in [6.07, 6.45) is 0.944. The lowest BCUT2D eigenvalue weighted by molar-refractivity contribution is 0.645. The molecular formula is C11H14Cl3N. The van der Waals surface area contributed by atoms with E-state index >= 15 is 0 Å². The van der Waals surface area contributed by atoms with Gasteiger partial charge in [-0.1, -0.05) is 35.3 Å². The molecule has 0 heterocycles. The second kappa shape index (κ2) is 6.59. The van der Waals surface area contributed by atoms with Crippen LogP contribution < -0.4 is 5.32 Å². The summed E-state index contributed by atoms with van der Waals surface area (Å²) in [4.78, 5) is 0. The molecule has 1 unspecified atom stereocenters. The Morgan fingerprint density at radius 2 is 2.07 bits per heavy atom. The molecule has 0 fully saturated rings. The van der Waals surface area contributed by atoms with Gasteiger partial charge in [0.25, 0.3) is 0 Å². The van der Waals surface area contributed by atoms with Gasteiger partial charge in [-0.3, -0.25) is 0 Å². The molecule has 84 valence electrons. The van der Waals surface area contributed by atoms with E-state index < -0.39 is 0 Å². The van der Waals surface area contributed by atoms with Gasteiger partial charge < -0.3 is 5.32 Å². The molecule has 15 heavy (non-hydrogen) atoms. The van der Waals surface area contributed by atoms with Crippen molar-refractivity contribution in [1.29, 1.82) is 0 Å². The fraction of sp³-hybridized carbons (Fsp3) is 0.455. The van der Waals surface area contributed by atoms with Crippen LogP contribution in [-0.4, -0.2) is 11.9 Å². The van der Waals surface area contributed by atoms with Crippen LogP contribution in [0.25, 0.3) is 0 Å². The van der Waals surface area contributed by atoms with Crippen molar-refractivity contribution in [2.75, 3.05) is 6.54 Å². The van der Waals surface area contributed by atoms with Gasteiger partial charge in [-0.05, 0) is 31.5 Å². The van der Waals surface area contributed by atoms with E-state index in [0.717, 1.165) is 25.1 Å². The Hall–Kier alpha value is 0.0500. The van der Waals surface area contributed by atoms with Gasteiger partial charge in [-0.25, -0.2) is 0 Å². The summed E-state index contributed by atoms with van der Waals surface area (Å²) in [6.45, 7) is 3.59. The van der Waals surface area contributed by atoms with E-state index in [4.69, 9.17) is 34.8 Å². The van der Waals surface area contributed by atoms with Gasteiger partial charge in [0.05, 0.1) is 10.0 Å². The smallest absolute Gasteiger partial charge is 0.0637 e. The van der Waals surface area contributed by atoms with E-state index in [1.807, 2.05) is 19.1 Å². The van der Waals surface area contributed by atoms with Crippen molar-refractivity contribution >= 4 is 34.8 Å². The third-order valence-electron chi connectivity index (χ3n) is 2.07. The molecule has 0 aliphatic rings. The van der Waals surface area contributed by atoms with Crippen LogP contribution in [-0.2, 0) is 6.54 Å². The Kier molecular flexibility index (Phi) is 5.77. The SMILES string of the molecule is CC(Cl)CCNCc1cccc(Cl)c1Cl. The van der Waals surface area contributed by atoms with Gasteiger partial charge >= 0.3 is 0 Å². The third-order valence-corrected chi connectivity index (χ3v) is 3.14. The molecule has 0 bridgehead atoms. The van der Waals surface area contributed by atoms with Crippen molar-refractivity contribution in [2.24, 2.45) is 0 Å². The summed E-state index contributed by atoms with van der Waals surface area (Å²) in [5.41, 5.74) is 1.02. The largest absolute Gasteiger partial charge is 0.313 e. The molecule has 0 aromatic heterocycles. The quantitative estimate of drug-likeness (QED) is 0.625. The van der Waals surface area contributed by atoms with Crippen LogP contribution in [0.5, 0.6) is 0 Å². The van der Waals surface area contributed by atoms with E-state index in [1.54, 1.807) is 6.07 Å². The third kappa shape index (κ3) is 4.60. The molecule has 0 aliphatic carbocycles. The number of hydrogen-bond donors (Lipinski definition) is 1. The maximum Gasteiger partial charge on any atom is 0.0637 e. The zero-order valence-corrected chi connectivity index (χ0v) is 10.8. The summed E-state index contributed by atoms with van der Waals surface area (Å²) >= 11 is 17.8. The number of halogens is 3. The molecule has 1 aromatic rings. The van der Waals surface area contributed by atoms with Gasteiger partial charge in [0.15, 0.2) is 0 Å². The van der Waals surface area contributed by atoms with Crippen LogP contribution in [0, 0.1) is 0 Å². The number of rotatable bonds is 5. The Bertz CT molecular complexity index is 313. The molecule has 0 radical (unpaired) electrons. The van der Waals surface area contributed by atoms with Crippen molar-refractivity contribution in [3.63, 3.8) is 0 Å². The minimum atomic E-state index is 0.201. The summed E-state index contributed by atoms with van der Waals surface area (Å²) < 4.78 is 0. The number of benzene rings is 1. The van der Waals surface area contributed by atoms with Crippen molar-refractivity contribution in [1.82, 2.24) is 5.32 Å². The first kappa shape index (κ1) is 13.1. The van der Waals surface area contributed by atoms with Crippen molar-refractivity contribution in [3.05, 3.63) is 33.8 Å². The zero-order chi connectivity index (χ0) is 11.3. The molecule has 0 spiro atoms. The molecule has 4 heteroatoms. The minimum Gasteiger partial charge on any atom is -0.313 e. The lowest BCUT2D eigenvalue weighted by Crippen LogP contribution is -2.17. The fourth-order valence-corrected chi connectivity index (χ4v) is 1.71. The first-order valence-electron chi connectivity index (χ1n) is 4.89. The fourth-order valence-electron chi connectivity index (χ4n) is 1.21. The highest BCUT2D eigenvalue weighted by Crippen LogP contribution is 2.25. The summed E-state index contributed by atoms with van der Waals surface area (Å²) in [5.74, 6) is 0. The van der Waals surface area contributed by atoms with Gasteiger partial charge in [-0.15, -0.1) is 11.6 Å². The van der Waals surface area contributed by atoms with Crippen LogP contribution in [0.4, 0.5) is 0 Å². The number of hydrogen-bond acceptors (Lipinski definition) is 1. The summed E-state index contributed by atoms with van der Waals surface area (Å²) in [7, 11) is 0. The average Bonchev–Trinajstić information content (AvgIpc) is 2.18. The van der Waals surface area contributed by atoms with E-state index in [0.29, 0.717) is 10.0 Å². The van der Waals surface area contributed by atoms with Crippen molar-refractivity contribution in [3.8, 4) is 0 Å². The van der Waals surface area contributed by atoms with Crippen molar-refractivity contribution in [2.45, 2.75) is 25.3 Å². The highest BCUT2D eigenvalue weighted by molar-refractivity contribution is 6.42. The normalized spacial score (nSPS) is 12.8. The van der Waals surface area contributed by atoms with Crippen LogP contribution in [0.3, 0.4) is 0 Å². The standard InChI is InChI=1S/C11H14Cl3N/c1-8(12)5-6-15-7-9-3-2-4-10(13)11(9)14/h2-4,8,15H,5-7H2,1H3. The lowest BCUT2D eigenvalue weighted by atomic mass is 10.2. The van der Waals surface area contributed by atoms with Gasteiger partial charge in [0.2, 0.25) is 0 Å². The lowest BCUT2D eigenvalue weighted by Gasteiger charge is -2.08. The Morgan fingerprint density at radius 1 is 1.33 bits per heavy atom. The average molecular weight is 267 g/mol. The molecule has 0 amide bonds. The molecule has 1 rings (SSSR count). The van der Waals surface area contributed by atoms with Crippen LogP contribution in [0.1, 0.15) is 18.9 Å². The minimum absolute atomic E-state index is 0.201. The van der Waals surface area contributed by atoms with Crippen LogP contribution >= 0.6 is 34.8 Å². The van der Waals surface area contributed by atoms with E-state index in [-0.39, 0.29) is 5.38 Å². The molecule has 0 saturated heterocycles. The van der Waals surface area contributed by atoms with E-state index in [1.165, 1.54) is 0 Å². The predicted molar refractivity (Wildman–Crippen MR) is 68.1 cm³/mol. The van der Waals surface area contributed by atoms with Gasteiger partial charge in [0.1, 0.15) is 0 Å². The first-order valence-corrected chi connectivity index (χ1v) is 6.08. The molecule has 1 aromatic carbocycles. The maximum atomic E-state index is 6.04. The predicted octanol–water partition coefficient (Wildman–Crippen LogP) is 4.10. The monoisotopic (exact) mass is 265 g/mol. The first-order chi connectivity index (χ1) is 7.11. The topological polar surface area (TPSA) is 12.0 Å². The second-order valence-corrected chi connectivity index (χ2v) is 4.99. The van der Waals surface area contributed by atoms with Gasteiger partial charge in [-0.2, -0.15) is 0 Å². The Morgan fingerprint density at radius 3 is 2.73 bits per heavy atom. The molecular weight excluding hydrogens is 252 g/mol. The molecule has 0 aliphatic heterocycles. The molecule has 0 saturated carbocycles. The molecule has 1 atom stereocenters. The second-order valence-electron chi connectivity index (χ2n) is 3.46. The Labute approximate surface area is 106 Å². The highest BCUT2D eigenvalue weighted by Gasteiger charge is 2.03. The van der Waals surface area contributed by atoms with Crippen LogP contribution in [0.15, 0.2) is 18.2 Å². The molecule has 1 nitrogen and oxygen atoms in total. The highest BCUT2D eigenvalue weighted by atomic mass is 35.5. The van der Waals surface area contributed by atoms with Crippen LogP contribution in [0.2, 0.25) is 10.0 Å². The number of alkyl halides is 1. The summed E-state index contributed by atoms with van der Waals surface area (Å²) in [5, 5.41) is 4.70. The Balaban J connectivity index is 2.41. The van der Waals surface area contributed by atoms with E-state index in [2.05, 4.69) is 5.32 Å². The maximum absolute atomic E-state index is 6.04. The number of nitrogens with one attached hydrogen (secondary N) is 1. The van der Waals surface area contributed by atoms with Gasteiger partial charge in [0, 0.05) is 11.9 Å². The van der Waals surface area contributed by atoms with E-state index in [9.17, 15) is 0 Å². The summed E-state index contributed by atoms with van der Waals surface area (Å²) in [6, 6.07) is 5.65. The zero-order valence-electron chi connectivity index (χ0n) is 8.56. The van der Waals surface area contributed by atoms with Crippen molar-refractivity contribution < 1.29 is 0 Å². The molecule has 1 N–H and O–H groups in total.